The molecule has 0 unspecified atom stereocenters. The van der Waals surface area contributed by atoms with E-state index in [-0.39, 0.29) is 30.1 Å². The van der Waals surface area contributed by atoms with Crippen molar-refractivity contribution in [2.75, 3.05) is 11.9 Å². The van der Waals surface area contributed by atoms with Gasteiger partial charge in [0, 0.05) is 18.3 Å². The van der Waals surface area contributed by atoms with Crippen LogP contribution in [0.2, 0.25) is 0 Å². The lowest BCUT2D eigenvalue weighted by Crippen LogP contribution is -2.34. The van der Waals surface area contributed by atoms with E-state index >= 15 is 0 Å². The van der Waals surface area contributed by atoms with Gasteiger partial charge in [0.05, 0.1) is 6.54 Å². The normalized spacial score (nSPS) is 11.2. The molecule has 28 heavy (non-hydrogen) atoms. The van der Waals surface area contributed by atoms with Gasteiger partial charge in [-0.05, 0) is 29.2 Å². The average Bonchev–Trinajstić information content (AvgIpc) is 3.17. The number of aromatic nitrogens is 5. The number of hydrogen-bond donors (Lipinski definition) is 2. The molecule has 9 nitrogen and oxygen atoms in total. The van der Waals surface area contributed by atoms with E-state index in [0.29, 0.717) is 11.5 Å². The number of anilines is 1. The predicted molar refractivity (Wildman–Crippen MR) is 106 cm³/mol. The van der Waals surface area contributed by atoms with E-state index in [1.165, 1.54) is 33.6 Å². The van der Waals surface area contributed by atoms with Gasteiger partial charge in [0.15, 0.2) is 5.82 Å². The largest absolute Gasteiger partial charge is 0.336 e. The van der Waals surface area contributed by atoms with Crippen molar-refractivity contribution in [2.24, 2.45) is 0 Å². The third-order valence-corrected chi connectivity index (χ3v) is 4.12. The standard InChI is InChI=1S/C19H23N7O2/c1-19(2,3)14-4-6-15(7-5-14)23-18(28)21-10-11-25-17(27)9-8-16(24-25)26-13-20-12-22-26/h4-9,12-13H,10-11H2,1-3H3,(H2,21,23,28). The van der Waals surface area contributed by atoms with Gasteiger partial charge in [-0.1, -0.05) is 32.9 Å². The van der Waals surface area contributed by atoms with Crippen molar-refractivity contribution in [3.05, 3.63) is 65.0 Å². The fourth-order valence-electron chi connectivity index (χ4n) is 2.55. The minimum Gasteiger partial charge on any atom is -0.336 e. The Morgan fingerprint density at radius 2 is 1.86 bits per heavy atom. The number of carbonyl (C=O) groups is 1. The second-order valence-corrected chi connectivity index (χ2v) is 7.30. The number of carbonyl (C=O) groups excluding carboxylic acids is 1. The summed E-state index contributed by atoms with van der Waals surface area (Å²) in [6, 6.07) is 10.4. The Kier molecular flexibility index (Phi) is 5.53. The van der Waals surface area contributed by atoms with Crippen molar-refractivity contribution in [3.8, 4) is 5.82 Å². The molecule has 0 spiro atoms. The highest BCUT2D eigenvalue weighted by atomic mass is 16.2. The molecule has 0 atom stereocenters. The summed E-state index contributed by atoms with van der Waals surface area (Å²) < 4.78 is 2.73. The Hall–Kier alpha value is -3.49. The van der Waals surface area contributed by atoms with Crippen molar-refractivity contribution < 1.29 is 4.79 Å². The third kappa shape index (κ3) is 4.81. The van der Waals surface area contributed by atoms with Gasteiger partial charge in [-0.2, -0.15) is 5.10 Å². The summed E-state index contributed by atoms with van der Waals surface area (Å²) in [6.45, 7) is 6.89. The van der Waals surface area contributed by atoms with Crippen molar-refractivity contribution in [3.63, 3.8) is 0 Å². The molecule has 146 valence electrons. The minimum absolute atomic E-state index is 0.0574. The van der Waals surface area contributed by atoms with E-state index in [4.69, 9.17) is 0 Å². The van der Waals surface area contributed by atoms with Crippen molar-refractivity contribution in [2.45, 2.75) is 32.7 Å². The van der Waals surface area contributed by atoms with Gasteiger partial charge in [-0.15, -0.1) is 5.10 Å². The molecular weight excluding hydrogens is 358 g/mol. The van der Waals surface area contributed by atoms with E-state index in [1.807, 2.05) is 24.3 Å². The molecule has 0 saturated carbocycles. The lowest BCUT2D eigenvalue weighted by Gasteiger charge is -2.19. The van der Waals surface area contributed by atoms with Crippen LogP contribution in [0.1, 0.15) is 26.3 Å². The fraction of sp³-hybridized carbons (Fsp3) is 0.316. The van der Waals surface area contributed by atoms with Gasteiger partial charge in [-0.25, -0.2) is 19.1 Å². The van der Waals surface area contributed by atoms with Crippen molar-refractivity contribution in [1.29, 1.82) is 0 Å². The maximum Gasteiger partial charge on any atom is 0.319 e. The molecule has 9 heteroatoms. The lowest BCUT2D eigenvalue weighted by atomic mass is 9.87. The summed E-state index contributed by atoms with van der Waals surface area (Å²) in [4.78, 5) is 27.9. The van der Waals surface area contributed by atoms with Crippen LogP contribution in [0.3, 0.4) is 0 Å². The average molecular weight is 381 g/mol. The zero-order valence-electron chi connectivity index (χ0n) is 16.1. The molecule has 0 aliphatic rings. The monoisotopic (exact) mass is 381 g/mol. The summed E-state index contributed by atoms with van der Waals surface area (Å²) in [5, 5.41) is 13.7. The van der Waals surface area contributed by atoms with Gasteiger partial charge in [0.25, 0.3) is 5.56 Å². The first-order valence-electron chi connectivity index (χ1n) is 8.91. The second kappa shape index (κ2) is 8.03. The topological polar surface area (TPSA) is 107 Å². The van der Waals surface area contributed by atoms with Crippen LogP contribution in [0.4, 0.5) is 10.5 Å². The van der Waals surface area contributed by atoms with Gasteiger partial charge in [0.1, 0.15) is 12.7 Å². The molecule has 0 radical (unpaired) electrons. The smallest absolute Gasteiger partial charge is 0.319 e. The SMILES string of the molecule is CC(C)(C)c1ccc(NC(=O)NCCn2nc(-n3cncn3)ccc2=O)cc1. The van der Waals surface area contributed by atoms with Crippen LogP contribution in [0.25, 0.3) is 5.82 Å². The highest BCUT2D eigenvalue weighted by molar-refractivity contribution is 5.89. The molecule has 0 aliphatic carbocycles. The zero-order valence-corrected chi connectivity index (χ0v) is 16.1. The van der Waals surface area contributed by atoms with Crippen LogP contribution < -0.4 is 16.2 Å². The molecule has 0 saturated heterocycles. The summed E-state index contributed by atoms with van der Waals surface area (Å²) in [6.07, 6.45) is 2.88. The van der Waals surface area contributed by atoms with E-state index in [2.05, 4.69) is 46.6 Å². The number of rotatable bonds is 5. The molecule has 1 aromatic carbocycles. The molecule has 2 N–H and O–H groups in total. The van der Waals surface area contributed by atoms with E-state index in [0.717, 1.165) is 0 Å². The molecule has 0 bridgehead atoms. The van der Waals surface area contributed by atoms with Gasteiger partial charge in [-0.3, -0.25) is 4.79 Å². The third-order valence-electron chi connectivity index (χ3n) is 4.12. The minimum atomic E-state index is -0.344. The van der Waals surface area contributed by atoms with Gasteiger partial charge < -0.3 is 10.6 Å². The highest BCUT2D eigenvalue weighted by Crippen LogP contribution is 2.23. The van der Waals surface area contributed by atoms with Gasteiger partial charge in [0.2, 0.25) is 0 Å². The number of hydrogen-bond acceptors (Lipinski definition) is 5. The number of amides is 2. The molecule has 2 amide bonds. The van der Waals surface area contributed by atoms with Crippen LogP contribution in [-0.4, -0.2) is 37.1 Å². The summed E-state index contributed by atoms with van der Waals surface area (Å²) in [7, 11) is 0. The fourth-order valence-corrected chi connectivity index (χ4v) is 2.55. The Morgan fingerprint density at radius 1 is 1.11 bits per heavy atom. The summed E-state index contributed by atoms with van der Waals surface area (Å²) in [5.74, 6) is 0.473. The molecule has 3 rings (SSSR count). The predicted octanol–water partition coefficient (Wildman–Crippen LogP) is 1.94. The molecule has 0 fully saturated rings. The van der Waals surface area contributed by atoms with Crippen LogP contribution in [0.15, 0.2) is 53.8 Å². The van der Waals surface area contributed by atoms with Crippen LogP contribution >= 0.6 is 0 Å². The van der Waals surface area contributed by atoms with Gasteiger partial charge >= 0.3 is 6.03 Å². The summed E-state index contributed by atoms with van der Waals surface area (Å²) >= 11 is 0. The zero-order chi connectivity index (χ0) is 20.1. The molecule has 2 aromatic heterocycles. The van der Waals surface area contributed by atoms with Crippen molar-refractivity contribution >= 4 is 11.7 Å². The Balaban J connectivity index is 1.54. The number of urea groups is 1. The maximum absolute atomic E-state index is 12.1. The van der Waals surface area contributed by atoms with Crippen LogP contribution in [-0.2, 0) is 12.0 Å². The van der Waals surface area contributed by atoms with Crippen molar-refractivity contribution in [1.82, 2.24) is 29.9 Å². The first kappa shape index (κ1) is 19.3. The molecular formula is C19H23N7O2. The first-order valence-corrected chi connectivity index (χ1v) is 8.91. The molecule has 3 aromatic rings. The number of nitrogens with zero attached hydrogens (tertiary/aromatic N) is 5. The van der Waals surface area contributed by atoms with E-state index in [1.54, 1.807) is 6.07 Å². The number of benzene rings is 1. The second-order valence-electron chi connectivity index (χ2n) is 7.30. The first-order chi connectivity index (χ1) is 13.3. The Bertz CT molecular complexity index is 986. The van der Waals surface area contributed by atoms with Crippen LogP contribution in [0.5, 0.6) is 0 Å². The Labute approximate surface area is 162 Å². The molecule has 2 heterocycles. The summed E-state index contributed by atoms with van der Waals surface area (Å²) in [5.41, 5.74) is 1.69. The van der Waals surface area contributed by atoms with E-state index < -0.39 is 0 Å². The maximum atomic E-state index is 12.1. The van der Waals surface area contributed by atoms with E-state index in [9.17, 15) is 9.59 Å². The highest BCUT2D eigenvalue weighted by Gasteiger charge is 2.13. The lowest BCUT2D eigenvalue weighted by molar-refractivity contribution is 0.251. The quantitative estimate of drug-likeness (QED) is 0.702. The Morgan fingerprint density at radius 3 is 2.50 bits per heavy atom. The molecule has 0 aliphatic heterocycles. The van der Waals surface area contributed by atoms with Crippen LogP contribution in [0, 0.1) is 0 Å². The number of nitrogens with one attached hydrogen (secondary N) is 2.